The van der Waals surface area contributed by atoms with E-state index in [0.29, 0.717) is 0 Å². The predicted octanol–water partition coefficient (Wildman–Crippen LogP) is 2.85. The minimum atomic E-state index is -1.08. The van der Waals surface area contributed by atoms with Gasteiger partial charge in [0.15, 0.2) is 5.78 Å². The zero-order valence-corrected chi connectivity index (χ0v) is 11.8. The summed E-state index contributed by atoms with van der Waals surface area (Å²) >= 11 is 0. The molecule has 0 aliphatic heterocycles. The normalized spacial score (nSPS) is 9.27. The summed E-state index contributed by atoms with van der Waals surface area (Å²) in [5.41, 5.74) is 1.47. The second-order valence-corrected chi connectivity index (χ2v) is 4.35. The Morgan fingerprint density at radius 2 is 0.955 bits per heavy atom. The third kappa shape index (κ3) is 6.47. The molecule has 2 aromatic rings. The first-order valence-corrected chi connectivity index (χ1v) is 6.59. The highest BCUT2D eigenvalue weighted by atomic mass is 16.4. The van der Waals surface area contributed by atoms with Crippen LogP contribution in [0.1, 0.15) is 28.8 Å². The van der Waals surface area contributed by atoms with Crippen LogP contribution in [0.5, 0.6) is 0 Å². The molecule has 0 saturated heterocycles. The maximum absolute atomic E-state index is 11.8. The maximum atomic E-state index is 11.8. The molecule has 0 saturated carbocycles. The first kappa shape index (κ1) is 17.1. The van der Waals surface area contributed by atoms with Crippen molar-refractivity contribution in [2.45, 2.75) is 12.8 Å². The number of carbonyl (C=O) groups excluding carboxylic acids is 1. The molecule has 0 radical (unpaired) electrons. The number of aliphatic carboxylic acids is 2. The van der Waals surface area contributed by atoms with Crippen LogP contribution in [0.15, 0.2) is 60.7 Å². The van der Waals surface area contributed by atoms with E-state index in [1.165, 1.54) is 0 Å². The van der Waals surface area contributed by atoms with Gasteiger partial charge in [0.2, 0.25) is 0 Å². The van der Waals surface area contributed by atoms with Crippen molar-refractivity contribution in [1.29, 1.82) is 0 Å². The largest absolute Gasteiger partial charge is 0.481 e. The van der Waals surface area contributed by atoms with Gasteiger partial charge >= 0.3 is 11.9 Å². The lowest BCUT2D eigenvalue weighted by molar-refractivity contribution is -0.143. The zero-order chi connectivity index (χ0) is 16.4. The van der Waals surface area contributed by atoms with E-state index in [1.54, 1.807) is 0 Å². The number of carbonyl (C=O) groups is 3. The van der Waals surface area contributed by atoms with Crippen molar-refractivity contribution in [2.75, 3.05) is 0 Å². The molecule has 0 spiro atoms. The Labute approximate surface area is 127 Å². The van der Waals surface area contributed by atoms with Crippen LogP contribution in [-0.4, -0.2) is 27.9 Å². The molecule has 0 bridgehead atoms. The molecule has 114 valence electrons. The molecule has 0 amide bonds. The molecule has 0 aliphatic rings. The van der Waals surface area contributed by atoms with E-state index in [4.69, 9.17) is 10.2 Å². The van der Waals surface area contributed by atoms with E-state index >= 15 is 0 Å². The number of carboxylic acid groups (broad SMARTS) is 2. The Balaban J connectivity index is 0.000000261. The highest BCUT2D eigenvalue weighted by molar-refractivity contribution is 6.08. The van der Waals surface area contributed by atoms with Gasteiger partial charge in [-0.1, -0.05) is 60.7 Å². The lowest BCUT2D eigenvalue weighted by Gasteiger charge is -1.99. The highest BCUT2D eigenvalue weighted by Crippen LogP contribution is 2.08. The van der Waals surface area contributed by atoms with Gasteiger partial charge in [0.1, 0.15) is 0 Å². The summed E-state index contributed by atoms with van der Waals surface area (Å²) in [4.78, 5) is 31.1. The van der Waals surface area contributed by atoms with Gasteiger partial charge in [-0.2, -0.15) is 0 Å². The third-order valence-electron chi connectivity index (χ3n) is 2.62. The van der Waals surface area contributed by atoms with Gasteiger partial charge in [-0.3, -0.25) is 14.4 Å². The van der Waals surface area contributed by atoms with Crippen molar-refractivity contribution in [3.8, 4) is 0 Å². The lowest BCUT2D eigenvalue weighted by atomic mass is 10.0. The molecule has 0 atom stereocenters. The first-order valence-electron chi connectivity index (χ1n) is 6.59. The second-order valence-electron chi connectivity index (χ2n) is 4.35. The van der Waals surface area contributed by atoms with Crippen LogP contribution in [-0.2, 0) is 9.59 Å². The van der Waals surface area contributed by atoms with Gasteiger partial charge in [-0.05, 0) is 0 Å². The average molecular weight is 300 g/mol. The molecule has 2 aromatic carbocycles. The van der Waals surface area contributed by atoms with Gasteiger partial charge in [0.05, 0.1) is 12.8 Å². The molecule has 0 fully saturated rings. The van der Waals surface area contributed by atoms with E-state index < -0.39 is 11.9 Å². The fourth-order valence-corrected chi connectivity index (χ4v) is 1.56. The van der Waals surface area contributed by atoms with Crippen LogP contribution < -0.4 is 0 Å². The molecular weight excluding hydrogens is 284 g/mol. The average Bonchev–Trinajstić information content (AvgIpc) is 2.54. The minimum Gasteiger partial charge on any atom is -0.481 e. The molecule has 0 aromatic heterocycles. The summed E-state index contributed by atoms with van der Waals surface area (Å²) in [6, 6.07) is 18.6. The Kier molecular flexibility index (Phi) is 7.05. The van der Waals surface area contributed by atoms with Crippen molar-refractivity contribution in [2.24, 2.45) is 0 Å². The summed E-state index contributed by atoms with van der Waals surface area (Å²) < 4.78 is 0. The number of hydrogen-bond acceptors (Lipinski definition) is 3. The van der Waals surface area contributed by atoms with Crippen LogP contribution in [0.25, 0.3) is 0 Å². The van der Waals surface area contributed by atoms with E-state index in [1.807, 2.05) is 60.7 Å². The molecule has 22 heavy (non-hydrogen) atoms. The van der Waals surface area contributed by atoms with Crippen molar-refractivity contribution >= 4 is 17.7 Å². The van der Waals surface area contributed by atoms with E-state index in [2.05, 4.69) is 0 Å². The molecule has 0 heterocycles. The monoisotopic (exact) mass is 300 g/mol. The fraction of sp³-hybridized carbons (Fsp3) is 0.118. The van der Waals surface area contributed by atoms with Crippen LogP contribution in [0.2, 0.25) is 0 Å². The minimum absolute atomic E-state index is 0.0752. The summed E-state index contributed by atoms with van der Waals surface area (Å²) in [6.07, 6.45) is -0.593. The van der Waals surface area contributed by atoms with E-state index in [0.717, 1.165) is 11.1 Å². The van der Waals surface area contributed by atoms with Crippen LogP contribution in [0.4, 0.5) is 0 Å². The second kappa shape index (κ2) is 9.07. The zero-order valence-electron chi connectivity index (χ0n) is 11.8. The van der Waals surface area contributed by atoms with Crippen LogP contribution in [0, 0.1) is 0 Å². The maximum Gasteiger partial charge on any atom is 0.303 e. The smallest absolute Gasteiger partial charge is 0.303 e. The number of benzene rings is 2. The highest BCUT2D eigenvalue weighted by Gasteiger charge is 2.06. The number of rotatable bonds is 5. The Hall–Kier alpha value is -2.95. The van der Waals surface area contributed by atoms with E-state index in [-0.39, 0.29) is 18.6 Å². The standard InChI is InChI=1S/C13H10O.C4H6O4/c14-13(11-7-3-1-4-8-11)12-9-5-2-6-10-12;5-3(6)1-2-4(7)8/h1-10H;1-2H2,(H,5,6)(H,7,8). The van der Waals surface area contributed by atoms with Gasteiger partial charge in [0.25, 0.3) is 0 Å². The Bertz CT molecular complexity index is 565. The molecular formula is C17H16O5. The van der Waals surface area contributed by atoms with Gasteiger partial charge in [-0.15, -0.1) is 0 Å². The molecule has 5 heteroatoms. The number of carboxylic acids is 2. The molecule has 5 nitrogen and oxygen atoms in total. The van der Waals surface area contributed by atoms with Crippen LogP contribution in [0.3, 0.4) is 0 Å². The van der Waals surface area contributed by atoms with Crippen LogP contribution >= 0.6 is 0 Å². The Morgan fingerprint density at radius 1 is 0.636 bits per heavy atom. The van der Waals surface area contributed by atoms with Crippen molar-refractivity contribution in [3.63, 3.8) is 0 Å². The quantitative estimate of drug-likeness (QED) is 0.828. The molecule has 0 unspecified atom stereocenters. The van der Waals surface area contributed by atoms with Gasteiger partial charge < -0.3 is 10.2 Å². The van der Waals surface area contributed by atoms with Crippen molar-refractivity contribution < 1.29 is 24.6 Å². The lowest BCUT2D eigenvalue weighted by Crippen LogP contribution is -2.00. The SMILES string of the molecule is O=C(O)CCC(=O)O.O=C(c1ccccc1)c1ccccc1. The molecule has 2 rings (SSSR count). The first-order chi connectivity index (χ1) is 10.5. The molecule has 0 aliphatic carbocycles. The van der Waals surface area contributed by atoms with Crippen molar-refractivity contribution in [3.05, 3.63) is 71.8 Å². The summed E-state index contributed by atoms with van der Waals surface area (Å²) in [5.74, 6) is -2.08. The van der Waals surface area contributed by atoms with Gasteiger partial charge in [0, 0.05) is 11.1 Å². The van der Waals surface area contributed by atoms with Gasteiger partial charge in [-0.25, -0.2) is 0 Å². The summed E-state index contributed by atoms with van der Waals surface area (Å²) in [6.45, 7) is 0. The topological polar surface area (TPSA) is 91.7 Å². The van der Waals surface area contributed by atoms with E-state index in [9.17, 15) is 14.4 Å². The predicted molar refractivity (Wildman–Crippen MR) is 80.8 cm³/mol. The Morgan fingerprint density at radius 3 is 1.23 bits per heavy atom. The summed E-state index contributed by atoms with van der Waals surface area (Å²) in [7, 11) is 0. The molecule has 2 N–H and O–H groups in total. The third-order valence-corrected chi connectivity index (χ3v) is 2.62. The number of hydrogen-bond donors (Lipinski definition) is 2. The summed E-state index contributed by atoms with van der Waals surface area (Å²) in [5, 5.41) is 15.8. The fourth-order valence-electron chi connectivity index (χ4n) is 1.56. The number of ketones is 1. The van der Waals surface area contributed by atoms with Crippen molar-refractivity contribution in [1.82, 2.24) is 0 Å².